The topological polar surface area (TPSA) is 110 Å². The number of carbonyl (C=O) groups is 3. The van der Waals surface area contributed by atoms with Crippen LogP contribution in [0, 0.1) is 29.1 Å². The van der Waals surface area contributed by atoms with Crippen molar-refractivity contribution in [3.63, 3.8) is 0 Å². The first-order valence-electron chi connectivity index (χ1n) is 9.58. The Bertz CT molecular complexity index is 644. The molecule has 150 valence electrons. The first-order chi connectivity index (χ1) is 12.7. The molecule has 7 nitrogen and oxygen atoms in total. The molecule has 1 saturated heterocycles. The molecule has 0 spiro atoms. The van der Waals surface area contributed by atoms with Gasteiger partial charge in [-0.3, -0.25) is 4.79 Å². The Morgan fingerprint density at radius 2 is 2.15 bits per heavy atom. The van der Waals surface area contributed by atoms with Crippen molar-refractivity contribution >= 4 is 18.2 Å². The molecule has 3 rings (SSSR count). The van der Waals surface area contributed by atoms with E-state index in [2.05, 4.69) is 6.58 Å². The van der Waals surface area contributed by atoms with Crippen molar-refractivity contribution in [3.8, 4) is 0 Å². The van der Waals surface area contributed by atoms with Crippen LogP contribution in [0.15, 0.2) is 12.2 Å². The van der Waals surface area contributed by atoms with Crippen LogP contribution in [0.5, 0.6) is 0 Å². The van der Waals surface area contributed by atoms with Gasteiger partial charge >= 0.3 is 11.9 Å². The molecule has 27 heavy (non-hydrogen) atoms. The molecule has 2 saturated carbocycles. The van der Waals surface area contributed by atoms with E-state index in [1.807, 2.05) is 6.92 Å². The summed E-state index contributed by atoms with van der Waals surface area (Å²) in [6.45, 7) is 7.06. The van der Waals surface area contributed by atoms with Crippen molar-refractivity contribution in [1.82, 2.24) is 0 Å². The van der Waals surface area contributed by atoms with Gasteiger partial charge in [-0.15, -0.1) is 0 Å². The number of aldehydes is 1. The average molecular weight is 380 g/mol. The molecule has 3 fully saturated rings. The van der Waals surface area contributed by atoms with Crippen LogP contribution in [-0.4, -0.2) is 53.4 Å². The Kier molecular flexibility index (Phi) is 5.45. The van der Waals surface area contributed by atoms with Gasteiger partial charge in [0.05, 0.1) is 12.0 Å². The van der Waals surface area contributed by atoms with E-state index in [0.29, 0.717) is 19.3 Å². The van der Waals surface area contributed by atoms with Gasteiger partial charge in [0.2, 0.25) is 0 Å². The van der Waals surface area contributed by atoms with Gasteiger partial charge in [-0.1, -0.05) is 20.4 Å². The maximum absolute atomic E-state index is 12.4. The van der Waals surface area contributed by atoms with Gasteiger partial charge in [-0.2, -0.15) is 0 Å². The van der Waals surface area contributed by atoms with Gasteiger partial charge < -0.3 is 24.5 Å². The molecule has 2 aliphatic carbocycles. The normalized spacial score (nSPS) is 43.3. The zero-order valence-electron chi connectivity index (χ0n) is 15.8. The van der Waals surface area contributed by atoms with Gasteiger partial charge in [-0.25, -0.2) is 4.79 Å². The minimum absolute atomic E-state index is 0.111. The van der Waals surface area contributed by atoms with Crippen LogP contribution in [0.3, 0.4) is 0 Å². The molecule has 1 aliphatic heterocycles. The quantitative estimate of drug-likeness (QED) is 0.416. The fourth-order valence-corrected chi connectivity index (χ4v) is 5.37. The van der Waals surface area contributed by atoms with E-state index in [1.165, 1.54) is 0 Å². The summed E-state index contributed by atoms with van der Waals surface area (Å²) in [5.74, 6) is -2.41. The fraction of sp³-hybridized carbons (Fsp3) is 0.750. The Balaban J connectivity index is 1.94. The van der Waals surface area contributed by atoms with Crippen molar-refractivity contribution in [2.75, 3.05) is 6.61 Å². The van der Waals surface area contributed by atoms with Crippen LogP contribution in [0.1, 0.15) is 39.5 Å². The van der Waals surface area contributed by atoms with Crippen LogP contribution < -0.4 is 0 Å². The SMILES string of the molecule is C=C(CCO)C(=O)O[C@H]1C[C@]2(C)C(C(C=O)CC[C@H]2O)[C@H]2OC(=O)[C@@H](C)[C@H]12. The molecule has 0 aromatic heterocycles. The Hall–Kier alpha value is -1.73. The molecule has 0 bridgehead atoms. The van der Waals surface area contributed by atoms with Crippen molar-refractivity contribution in [2.45, 2.75) is 57.8 Å². The number of esters is 2. The summed E-state index contributed by atoms with van der Waals surface area (Å²) in [4.78, 5) is 36.4. The van der Waals surface area contributed by atoms with Crippen molar-refractivity contribution in [3.05, 3.63) is 12.2 Å². The molecule has 2 unspecified atom stereocenters. The molecular weight excluding hydrogens is 352 g/mol. The molecule has 0 aromatic carbocycles. The summed E-state index contributed by atoms with van der Waals surface area (Å²) in [5.41, 5.74) is -0.535. The maximum Gasteiger partial charge on any atom is 0.333 e. The standard InChI is InChI=1S/C20H28O7/c1-10(6-7-21)18(24)26-13-8-20(3)14(23)5-4-12(9-22)16(20)17-15(13)11(2)19(25)27-17/h9,11-17,21,23H,1,4-8H2,2-3H3/t11-,12?,13-,14+,15+,16?,17-,20-/m0/s1. The lowest BCUT2D eigenvalue weighted by atomic mass is 9.51. The van der Waals surface area contributed by atoms with E-state index < -0.39 is 35.6 Å². The molecule has 2 N–H and O–H groups in total. The molecular formula is C20H28O7. The Labute approximate surface area is 158 Å². The molecule has 1 heterocycles. The summed E-state index contributed by atoms with van der Waals surface area (Å²) >= 11 is 0. The summed E-state index contributed by atoms with van der Waals surface area (Å²) in [5, 5.41) is 19.7. The van der Waals surface area contributed by atoms with Crippen molar-refractivity contribution < 1.29 is 34.1 Å². The third-order valence-corrected chi connectivity index (χ3v) is 6.90. The number of carbonyl (C=O) groups excluding carboxylic acids is 3. The maximum atomic E-state index is 12.4. The molecule has 3 aliphatic rings. The van der Waals surface area contributed by atoms with Crippen LogP contribution in [0.25, 0.3) is 0 Å². The number of ether oxygens (including phenoxy) is 2. The highest BCUT2D eigenvalue weighted by atomic mass is 16.6. The van der Waals surface area contributed by atoms with E-state index in [0.717, 1.165) is 6.29 Å². The fourth-order valence-electron chi connectivity index (χ4n) is 5.37. The zero-order valence-corrected chi connectivity index (χ0v) is 15.8. The summed E-state index contributed by atoms with van der Waals surface area (Å²) < 4.78 is 11.3. The number of rotatable bonds is 5. The predicted molar refractivity (Wildman–Crippen MR) is 94.3 cm³/mol. The molecule has 0 amide bonds. The third kappa shape index (κ3) is 3.21. The van der Waals surface area contributed by atoms with Crippen LogP contribution in [0.2, 0.25) is 0 Å². The van der Waals surface area contributed by atoms with Crippen LogP contribution >= 0.6 is 0 Å². The first kappa shape index (κ1) is 20.0. The van der Waals surface area contributed by atoms with E-state index in [1.54, 1.807) is 6.92 Å². The second kappa shape index (κ2) is 7.36. The Morgan fingerprint density at radius 1 is 1.44 bits per heavy atom. The van der Waals surface area contributed by atoms with Gasteiger partial charge in [0.15, 0.2) is 0 Å². The minimum atomic E-state index is -0.696. The summed E-state index contributed by atoms with van der Waals surface area (Å²) in [6.07, 6.45) is 0.534. The second-order valence-electron chi connectivity index (χ2n) is 8.42. The predicted octanol–water partition coefficient (Wildman–Crippen LogP) is 1.01. The molecule has 0 radical (unpaired) electrons. The number of hydrogen-bond donors (Lipinski definition) is 2. The second-order valence-corrected chi connectivity index (χ2v) is 8.42. The monoisotopic (exact) mass is 380 g/mol. The van der Waals surface area contributed by atoms with Gasteiger partial charge in [0.25, 0.3) is 0 Å². The van der Waals surface area contributed by atoms with Crippen molar-refractivity contribution in [2.24, 2.45) is 29.1 Å². The smallest absolute Gasteiger partial charge is 0.333 e. The van der Waals surface area contributed by atoms with E-state index in [4.69, 9.17) is 14.6 Å². The molecule has 8 atom stereocenters. The summed E-state index contributed by atoms with van der Waals surface area (Å²) in [7, 11) is 0. The lowest BCUT2D eigenvalue weighted by molar-refractivity contribution is -0.196. The van der Waals surface area contributed by atoms with Gasteiger partial charge in [0, 0.05) is 41.8 Å². The van der Waals surface area contributed by atoms with Gasteiger partial charge in [0.1, 0.15) is 18.5 Å². The Morgan fingerprint density at radius 3 is 2.78 bits per heavy atom. The van der Waals surface area contributed by atoms with Gasteiger partial charge in [-0.05, 0) is 19.3 Å². The van der Waals surface area contributed by atoms with Crippen molar-refractivity contribution in [1.29, 1.82) is 0 Å². The lowest BCUT2D eigenvalue weighted by Gasteiger charge is -2.55. The third-order valence-electron chi connectivity index (χ3n) is 6.90. The first-order valence-corrected chi connectivity index (χ1v) is 9.58. The number of fused-ring (bicyclic) bond motifs is 3. The number of aliphatic hydroxyl groups excluding tert-OH is 2. The molecule has 0 aromatic rings. The lowest BCUT2D eigenvalue weighted by Crippen LogP contribution is -2.61. The highest BCUT2D eigenvalue weighted by Gasteiger charge is 2.64. The highest BCUT2D eigenvalue weighted by Crippen LogP contribution is 2.58. The van der Waals surface area contributed by atoms with E-state index in [9.17, 15) is 19.5 Å². The van der Waals surface area contributed by atoms with E-state index in [-0.39, 0.29) is 42.3 Å². The molecule has 7 heteroatoms. The van der Waals surface area contributed by atoms with Crippen LogP contribution in [-0.2, 0) is 23.9 Å². The highest BCUT2D eigenvalue weighted by molar-refractivity contribution is 5.88. The zero-order chi connectivity index (χ0) is 19.9. The number of hydrogen-bond acceptors (Lipinski definition) is 7. The summed E-state index contributed by atoms with van der Waals surface area (Å²) in [6, 6.07) is 0. The average Bonchev–Trinajstić information content (AvgIpc) is 2.91. The number of aliphatic hydroxyl groups is 2. The van der Waals surface area contributed by atoms with Crippen LogP contribution in [0.4, 0.5) is 0 Å². The van der Waals surface area contributed by atoms with E-state index >= 15 is 0 Å². The minimum Gasteiger partial charge on any atom is -0.461 e. The largest absolute Gasteiger partial charge is 0.461 e.